The normalized spacial score (nSPS) is 17.6. The molecule has 0 atom stereocenters. The minimum Gasteiger partial charge on any atom is -0.507 e. The van der Waals surface area contributed by atoms with Crippen molar-refractivity contribution in [1.29, 1.82) is 0 Å². The summed E-state index contributed by atoms with van der Waals surface area (Å²) in [5.41, 5.74) is 8.55. The van der Waals surface area contributed by atoms with E-state index in [1.165, 1.54) is 22.3 Å². The fraction of sp³-hybridized carbons (Fsp3) is 0.400. The predicted octanol–water partition coefficient (Wildman–Crippen LogP) is 5.58. The van der Waals surface area contributed by atoms with Crippen LogP contribution in [0.4, 0.5) is 0 Å². The Morgan fingerprint density at radius 3 is 2.19 bits per heavy atom. The Kier molecular flexibility index (Phi) is 3.88. The molecule has 1 heteroatoms. The molecule has 1 aliphatic carbocycles. The van der Waals surface area contributed by atoms with Crippen molar-refractivity contribution in [1.82, 2.24) is 0 Å². The van der Waals surface area contributed by atoms with Crippen LogP contribution in [0.1, 0.15) is 51.3 Å². The van der Waals surface area contributed by atoms with Gasteiger partial charge in [0, 0.05) is 11.0 Å². The summed E-state index contributed by atoms with van der Waals surface area (Å²) in [6, 6.07) is 4.16. The van der Waals surface area contributed by atoms with Crippen molar-refractivity contribution in [3.05, 3.63) is 58.2 Å². The maximum absolute atomic E-state index is 10.5. The molecule has 0 saturated heterocycles. The molecule has 1 aromatic carbocycles. The lowest BCUT2D eigenvalue weighted by molar-refractivity contribution is 0.465. The van der Waals surface area contributed by atoms with Crippen LogP contribution < -0.4 is 0 Å². The summed E-state index contributed by atoms with van der Waals surface area (Å²) in [7, 11) is 0. The van der Waals surface area contributed by atoms with Crippen molar-refractivity contribution in [3.8, 4) is 5.75 Å². The molecule has 0 unspecified atom stereocenters. The molecule has 0 amide bonds. The zero-order valence-corrected chi connectivity index (χ0v) is 14.1. The summed E-state index contributed by atoms with van der Waals surface area (Å²) in [6.45, 7) is 16.9. The summed E-state index contributed by atoms with van der Waals surface area (Å²) in [5, 5.41) is 10.5. The van der Waals surface area contributed by atoms with E-state index in [0.717, 1.165) is 16.7 Å². The van der Waals surface area contributed by atoms with Gasteiger partial charge in [-0.25, -0.2) is 0 Å². The highest BCUT2D eigenvalue weighted by molar-refractivity contribution is 5.84. The van der Waals surface area contributed by atoms with Gasteiger partial charge in [0.2, 0.25) is 0 Å². The van der Waals surface area contributed by atoms with Crippen molar-refractivity contribution in [3.63, 3.8) is 0 Å². The number of allylic oxidation sites excluding steroid dienone is 5. The number of hydrogen-bond donors (Lipinski definition) is 1. The fourth-order valence-electron chi connectivity index (χ4n) is 3.47. The van der Waals surface area contributed by atoms with Crippen LogP contribution in [0, 0.1) is 12.3 Å². The smallest absolute Gasteiger partial charge is 0.122 e. The van der Waals surface area contributed by atoms with Crippen LogP contribution in [-0.4, -0.2) is 5.11 Å². The first kappa shape index (κ1) is 15.6. The van der Waals surface area contributed by atoms with E-state index in [-0.39, 0.29) is 5.41 Å². The molecule has 0 fully saturated rings. The van der Waals surface area contributed by atoms with Gasteiger partial charge in [0.1, 0.15) is 5.75 Å². The topological polar surface area (TPSA) is 20.2 Å². The molecular formula is C20H26O. The van der Waals surface area contributed by atoms with Gasteiger partial charge >= 0.3 is 0 Å². The summed E-state index contributed by atoms with van der Waals surface area (Å²) in [5.74, 6) is 0.408. The third-order valence-corrected chi connectivity index (χ3v) is 5.16. The van der Waals surface area contributed by atoms with E-state index in [1.54, 1.807) is 0 Å². The second-order valence-electron chi connectivity index (χ2n) is 6.62. The minimum absolute atomic E-state index is 0.00574. The van der Waals surface area contributed by atoms with Crippen molar-refractivity contribution >= 4 is 5.57 Å². The Labute approximate surface area is 128 Å². The van der Waals surface area contributed by atoms with Crippen LogP contribution in [0.5, 0.6) is 5.75 Å². The number of aromatic hydroxyl groups is 1. The minimum atomic E-state index is 0.00574. The van der Waals surface area contributed by atoms with Crippen molar-refractivity contribution in [2.75, 3.05) is 0 Å². The lowest BCUT2D eigenvalue weighted by Gasteiger charge is -2.28. The van der Waals surface area contributed by atoms with Crippen molar-refractivity contribution < 1.29 is 5.11 Å². The van der Waals surface area contributed by atoms with Gasteiger partial charge in [-0.2, -0.15) is 0 Å². The van der Waals surface area contributed by atoms with Gasteiger partial charge in [-0.15, -0.1) is 6.58 Å². The third kappa shape index (κ3) is 2.25. The number of benzene rings is 1. The van der Waals surface area contributed by atoms with Gasteiger partial charge < -0.3 is 5.11 Å². The lowest BCUT2D eigenvalue weighted by Crippen LogP contribution is -2.14. The lowest BCUT2D eigenvalue weighted by atomic mass is 9.76. The molecule has 21 heavy (non-hydrogen) atoms. The Hall–Kier alpha value is -1.76. The van der Waals surface area contributed by atoms with E-state index in [1.807, 2.05) is 19.1 Å². The highest BCUT2D eigenvalue weighted by atomic mass is 16.3. The SMILES string of the molecule is C=CCc1c(C2=C(C)C(C)=C(C)C2(C)C)ccc(C)c1O. The van der Waals surface area contributed by atoms with Gasteiger partial charge in [-0.3, -0.25) is 0 Å². The van der Waals surface area contributed by atoms with E-state index in [0.29, 0.717) is 12.2 Å². The van der Waals surface area contributed by atoms with Gasteiger partial charge in [-0.1, -0.05) is 37.6 Å². The van der Waals surface area contributed by atoms with Crippen LogP contribution in [-0.2, 0) is 6.42 Å². The first-order chi connectivity index (χ1) is 9.73. The second kappa shape index (κ2) is 5.22. The summed E-state index contributed by atoms with van der Waals surface area (Å²) < 4.78 is 0. The molecular weight excluding hydrogens is 256 g/mol. The summed E-state index contributed by atoms with van der Waals surface area (Å²) in [6.07, 6.45) is 2.55. The predicted molar refractivity (Wildman–Crippen MR) is 91.5 cm³/mol. The summed E-state index contributed by atoms with van der Waals surface area (Å²) >= 11 is 0. The number of rotatable bonds is 3. The molecule has 0 aromatic heterocycles. The van der Waals surface area contributed by atoms with E-state index < -0.39 is 0 Å². The highest BCUT2D eigenvalue weighted by Crippen LogP contribution is 2.52. The average molecular weight is 282 g/mol. The Bertz CT molecular complexity index is 669. The van der Waals surface area contributed by atoms with E-state index in [9.17, 15) is 5.11 Å². The van der Waals surface area contributed by atoms with E-state index >= 15 is 0 Å². The molecule has 1 aromatic rings. The van der Waals surface area contributed by atoms with Crippen LogP contribution >= 0.6 is 0 Å². The molecule has 2 rings (SSSR count). The quantitative estimate of drug-likeness (QED) is 0.718. The van der Waals surface area contributed by atoms with Crippen LogP contribution in [0.15, 0.2) is 41.5 Å². The van der Waals surface area contributed by atoms with Gasteiger partial charge in [-0.05, 0) is 62.0 Å². The third-order valence-electron chi connectivity index (χ3n) is 5.16. The first-order valence-electron chi connectivity index (χ1n) is 7.55. The van der Waals surface area contributed by atoms with Gasteiger partial charge in [0.05, 0.1) is 0 Å². The van der Waals surface area contributed by atoms with Crippen molar-refractivity contribution in [2.24, 2.45) is 5.41 Å². The van der Waals surface area contributed by atoms with E-state index in [2.05, 4.69) is 47.3 Å². The Morgan fingerprint density at radius 1 is 1.10 bits per heavy atom. The monoisotopic (exact) mass is 282 g/mol. The zero-order valence-electron chi connectivity index (χ0n) is 14.1. The molecule has 112 valence electrons. The molecule has 0 radical (unpaired) electrons. The van der Waals surface area contributed by atoms with Crippen LogP contribution in [0.25, 0.3) is 5.57 Å². The molecule has 1 nitrogen and oxygen atoms in total. The standard InChI is InChI=1S/C20H26O/c1-8-9-17-16(11-10-12(2)19(17)21)18-14(4)13(3)15(5)20(18,6)7/h8,10-11,21H,1,9H2,2-7H3. The first-order valence-corrected chi connectivity index (χ1v) is 7.55. The number of phenols is 1. The molecule has 0 spiro atoms. The van der Waals surface area contributed by atoms with Crippen LogP contribution in [0.2, 0.25) is 0 Å². The van der Waals surface area contributed by atoms with Crippen molar-refractivity contribution in [2.45, 2.75) is 48.0 Å². The highest BCUT2D eigenvalue weighted by Gasteiger charge is 2.36. The van der Waals surface area contributed by atoms with Gasteiger partial charge in [0.25, 0.3) is 0 Å². The molecule has 1 N–H and O–H groups in total. The number of aryl methyl sites for hydroxylation is 1. The zero-order chi connectivity index (χ0) is 15.9. The average Bonchev–Trinajstić information content (AvgIpc) is 2.57. The maximum Gasteiger partial charge on any atom is 0.122 e. The maximum atomic E-state index is 10.5. The van der Waals surface area contributed by atoms with Gasteiger partial charge in [0.15, 0.2) is 0 Å². The molecule has 0 saturated carbocycles. The molecule has 1 aliphatic rings. The van der Waals surface area contributed by atoms with E-state index in [4.69, 9.17) is 0 Å². The fourth-order valence-corrected chi connectivity index (χ4v) is 3.47. The molecule has 0 heterocycles. The Morgan fingerprint density at radius 2 is 1.71 bits per heavy atom. The molecule has 0 bridgehead atoms. The Balaban J connectivity index is 2.75. The van der Waals surface area contributed by atoms with Crippen LogP contribution in [0.3, 0.4) is 0 Å². The largest absolute Gasteiger partial charge is 0.507 e. The molecule has 0 aliphatic heterocycles. The summed E-state index contributed by atoms with van der Waals surface area (Å²) in [4.78, 5) is 0. The number of hydrogen-bond acceptors (Lipinski definition) is 1. The second-order valence-corrected chi connectivity index (χ2v) is 6.62. The number of phenolic OH excluding ortho intramolecular Hbond substituents is 1.